The van der Waals surface area contributed by atoms with Gasteiger partial charge in [0.15, 0.2) is 11.5 Å². The fourth-order valence-electron chi connectivity index (χ4n) is 1.66. The Morgan fingerprint density at radius 3 is 2.47 bits per heavy atom. The van der Waals surface area contributed by atoms with E-state index in [0.717, 1.165) is 5.56 Å². The van der Waals surface area contributed by atoms with Gasteiger partial charge in [-0.05, 0) is 36.6 Å². The van der Waals surface area contributed by atoms with Gasteiger partial charge in [-0.3, -0.25) is 0 Å². The molecule has 0 saturated heterocycles. The molecule has 1 aliphatic rings. The first-order valence-corrected chi connectivity index (χ1v) is 4.86. The molecule has 0 aromatic heterocycles. The summed E-state index contributed by atoms with van der Waals surface area (Å²) < 4.78 is 23.1. The van der Waals surface area contributed by atoms with Gasteiger partial charge >= 0.3 is 0 Å². The van der Waals surface area contributed by atoms with Crippen LogP contribution in [0.3, 0.4) is 0 Å². The van der Waals surface area contributed by atoms with Crippen LogP contribution in [0.1, 0.15) is 18.1 Å². The summed E-state index contributed by atoms with van der Waals surface area (Å²) in [4.78, 5) is 0. The van der Waals surface area contributed by atoms with Crippen molar-refractivity contribution >= 4 is 0 Å². The van der Waals surface area contributed by atoms with E-state index in [4.69, 9.17) is 9.47 Å². The Labute approximate surface area is 87.4 Å². The molecule has 0 radical (unpaired) electrons. The minimum atomic E-state index is -0.557. The van der Waals surface area contributed by atoms with E-state index in [0.29, 0.717) is 23.5 Å². The van der Waals surface area contributed by atoms with E-state index < -0.39 is 12.8 Å². The standard InChI is InChI=1S/C11H13FO3/c1-7(13)2-8-3-10-11(15-6-14-10)4-9(8)5-12/h3-4,7,13H,2,5-6H2,1H3. The highest BCUT2D eigenvalue weighted by molar-refractivity contribution is 5.48. The van der Waals surface area contributed by atoms with Crippen molar-refractivity contribution in [3.63, 3.8) is 0 Å². The number of hydrogen-bond acceptors (Lipinski definition) is 3. The Bertz CT molecular complexity index is 363. The van der Waals surface area contributed by atoms with Crippen LogP contribution in [0.25, 0.3) is 0 Å². The van der Waals surface area contributed by atoms with E-state index in [1.54, 1.807) is 19.1 Å². The summed E-state index contributed by atoms with van der Waals surface area (Å²) in [5, 5.41) is 9.28. The second kappa shape index (κ2) is 4.06. The molecule has 0 amide bonds. The van der Waals surface area contributed by atoms with Crippen LogP contribution in [-0.2, 0) is 13.1 Å². The first kappa shape index (κ1) is 10.2. The molecular formula is C11H13FO3. The SMILES string of the molecule is CC(O)Cc1cc2c(cc1CF)OCO2. The fourth-order valence-corrected chi connectivity index (χ4v) is 1.66. The van der Waals surface area contributed by atoms with Gasteiger partial charge in [0, 0.05) is 0 Å². The average Bonchev–Trinajstić information content (AvgIpc) is 2.62. The van der Waals surface area contributed by atoms with Gasteiger partial charge in [0.1, 0.15) is 6.67 Å². The van der Waals surface area contributed by atoms with Gasteiger partial charge in [-0.2, -0.15) is 0 Å². The Kier molecular flexibility index (Phi) is 2.77. The summed E-state index contributed by atoms with van der Waals surface area (Å²) in [6.07, 6.45) is -0.0636. The highest BCUT2D eigenvalue weighted by Gasteiger charge is 2.17. The molecule has 0 fully saturated rings. The predicted molar refractivity (Wildman–Crippen MR) is 52.8 cm³/mol. The first-order valence-electron chi connectivity index (χ1n) is 4.86. The fraction of sp³-hybridized carbons (Fsp3) is 0.455. The highest BCUT2D eigenvalue weighted by atomic mass is 19.1. The van der Waals surface area contributed by atoms with Crippen molar-refractivity contribution in [2.45, 2.75) is 26.1 Å². The minimum Gasteiger partial charge on any atom is -0.454 e. The Balaban J connectivity index is 2.35. The van der Waals surface area contributed by atoms with Gasteiger partial charge in [0.05, 0.1) is 6.10 Å². The number of halogens is 1. The predicted octanol–water partition coefficient (Wildman–Crippen LogP) is 1.81. The average molecular weight is 212 g/mol. The van der Waals surface area contributed by atoms with Crippen LogP contribution in [-0.4, -0.2) is 18.0 Å². The molecule has 4 heteroatoms. The molecule has 3 nitrogen and oxygen atoms in total. The van der Waals surface area contributed by atoms with Crippen LogP contribution >= 0.6 is 0 Å². The molecule has 1 unspecified atom stereocenters. The molecule has 1 aromatic rings. The van der Waals surface area contributed by atoms with E-state index >= 15 is 0 Å². The topological polar surface area (TPSA) is 38.7 Å². The zero-order valence-corrected chi connectivity index (χ0v) is 8.50. The number of alkyl halides is 1. The number of fused-ring (bicyclic) bond motifs is 1. The van der Waals surface area contributed by atoms with E-state index in [-0.39, 0.29) is 6.79 Å². The Hall–Kier alpha value is -1.29. The summed E-state index contributed by atoms with van der Waals surface area (Å²) in [5.41, 5.74) is 1.33. The molecule has 1 atom stereocenters. The quantitative estimate of drug-likeness (QED) is 0.830. The summed E-state index contributed by atoms with van der Waals surface area (Å²) in [6, 6.07) is 3.38. The van der Waals surface area contributed by atoms with Crippen molar-refractivity contribution in [1.82, 2.24) is 0 Å². The number of aliphatic hydroxyl groups excluding tert-OH is 1. The van der Waals surface area contributed by atoms with Crippen LogP contribution in [0.2, 0.25) is 0 Å². The molecule has 15 heavy (non-hydrogen) atoms. The third-order valence-electron chi connectivity index (χ3n) is 2.35. The third kappa shape index (κ3) is 2.04. The summed E-state index contributed by atoms with van der Waals surface area (Å²) in [7, 11) is 0. The molecule has 0 saturated carbocycles. The highest BCUT2D eigenvalue weighted by Crippen LogP contribution is 2.35. The van der Waals surface area contributed by atoms with E-state index in [2.05, 4.69) is 0 Å². The lowest BCUT2D eigenvalue weighted by molar-refractivity contribution is 0.173. The van der Waals surface area contributed by atoms with Gasteiger partial charge in [-0.25, -0.2) is 4.39 Å². The van der Waals surface area contributed by atoms with Crippen LogP contribution in [0, 0.1) is 0 Å². The first-order chi connectivity index (χ1) is 7.20. The van der Waals surface area contributed by atoms with Gasteiger partial charge < -0.3 is 14.6 Å². The molecule has 82 valence electrons. The van der Waals surface area contributed by atoms with Crippen molar-refractivity contribution in [2.24, 2.45) is 0 Å². The van der Waals surface area contributed by atoms with Crippen molar-refractivity contribution in [3.05, 3.63) is 23.3 Å². The van der Waals surface area contributed by atoms with Crippen LogP contribution < -0.4 is 9.47 Å². The Morgan fingerprint density at radius 2 is 1.93 bits per heavy atom. The molecule has 1 aromatic carbocycles. The number of hydrogen-bond donors (Lipinski definition) is 1. The summed E-state index contributed by atoms with van der Waals surface area (Å²) in [5.74, 6) is 1.21. The molecule has 0 bridgehead atoms. The van der Waals surface area contributed by atoms with Crippen molar-refractivity contribution in [2.75, 3.05) is 6.79 Å². The van der Waals surface area contributed by atoms with Gasteiger partial charge in [-0.15, -0.1) is 0 Å². The van der Waals surface area contributed by atoms with Crippen molar-refractivity contribution < 1.29 is 19.0 Å². The lowest BCUT2D eigenvalue weighted by Gasteiger charge is -2.09. The van der Waals surface area contributed by atoms with Gasteiger partial charge in [-0.1, -0.05) is 0 Å². The lowest BCUT2D eigenvalue weighted by Crippen LogP contribution is -2.06. The third-order valence-corrected chi connectivity index (χ3v) is 2.35. The van der Waals surface area contributed by atoms with E-state index in [1.807, 2.05) is 0 Å². The summed E-state index contributed by atoms with van der Waals surface area (Å²) >= 11 is 0. The molecule has 2 rings (SSSR count). The smallest absolute Gasteiger partial charge is 0.231 e. The summed E-state index contributed by atoms with van der Waals surface area (Å²) in [6.45, 7) is 1.30. The number of ether oxygens (including phenoxy) is 2. The van der Waals surface area contributed by atoms with Crippen LogP contribution in [0.4, 0.5) is 4.39 Å². The number of benzene rings is 1. The van der Waals surface area contributed by atoms with E-state index in [1.165, 1.54) is 0 Å². The zero-order chi connectivity index (χ0) is 10.8. The second-order valence-corrected chi connectivity index (χ2v) is 3.66. The minimum absolute atomic E-state index is 0.180. The molecule has 1 N–H and O–H groups in total. The molecule has 1 heterocycles. The monoisotopic (exact) mass is 212 g/mol. The lowest BCUT2D eigenvalue weighted by atomic mass is 10.0. The molecular weight excluding hydrogens is 199 g/mol. The Morgan fingerprint density at radius 1 is 1.33 bits per heavy atom. The van der Waals surface area contributed by atoms with Crippen molar-refractivity contribution in [3.8, 4) is 11.5 Å². The van der Waals surface area contributed by atoms with Gasteiger partial charge in [0.25, 0.3) is 0 Å². The maximum Gasteiger partial charge on any atom is 0.231 e. The number of rotatable bonds is 3. The van der Waals surface area contributed by atoms with Crippen molar-refractivity contribution in [1.29, 1.82) is 0 Å². The van der Waals surface area contributed by atoms with Crippen LogP contribution in [0.5, 0.6) is 11.5 Å². The number of aliphatic hydroxyl groups is 1. The zero-order valence-electron chi connectivity index (χ0n) is 8.50. The maximum absolute atomic E-state index is 12.7. The molecule has 1 aliphatic heterocycles. The largest absolute Gasteiger partial charge is 0.454 e. The van der Waals surface area contributed by atoms with Gasteiger partial charge in [0.2, 0.25) is 6.79 Å². The molecule has 0 spiro atoms. The van der Waals surface area contributed by atoms with Crippen LogP contribution in [0.15, 0.2) is 12.1 Å². The normalized spacial score (nSPS) is 15.4. The molecule has 0 aliphatic carbocycles. The van der Waals surface area contributed by atoms with E-state index in [9.17, 15) is 9.50 Å². The maximum atomic E-state index is 12.7. The second-order valence-electron chi connectivity index (χ2n) is 3.66.